The van der Waals surface area contributed by atoms with Crippen molar-refractivity contribution in [1.82, 2.24) is 0 Å². The van der Waals surface area contributed by atoms with Crippen molar-refractivity contribution in [1.29, 1.82) is 0 Å². The highest BCUT2D eigenvalue weighted by atomic mass is 32.2. The van der Waals surface area contributed by atoms with E-state index in [1.807, 2.05) is 73.4 Å². The van der Waals surface area contributed by atoms with Crippen LogP contribution in [0.5, 0.6) is 5.75 Å². The summed E-state index contributed by atoms with van der Waals surface area (Å²) in [6.45, 7) is 12.0. The monoisotopic (exact) mass is 509 g/mol. The second kappa shape index (κ2) is 8.89. The Morgan fingerprint density at radius 2 is 1.75 bits per heavy atom. The van der Waals surface area contributed by atoms with Crippen molar-refractivity contribution in [3.05, 3.63) is 65.8 Å². The van der Waals surface area contributed by atoms with E-state index >= 15 is 0 Å². The molecular formula is C29H35NO5S. The highest BCUT2D eigenvalue weighted by Gasteiger charge is 2.46. The molecule has 2 atom stereocenters. The van der Waals surface area contributed by atoms with E-state index in [-0.39, 0.29) is 17.2 Å². The Morgan fingerprint density at radius 1 is 1.08 bits per heavy atom. The predicted octanol–water partition coefficient (Wildman–Crippen LogP) is 5.84. The van der Waals surface area contributed by atoms with Crippen molar-refractivity contribution < 1.29 is 22.1 Å². The first-order valence-electron chi connectivity index (χ1n) is 12.1. The molecule has 1 aliphatic heterocycles. The van der Waals surface area contributed by atoms with Gasteiger partial charge in [-0.25, -0.2) is 0 Å². The SMILES string of the molecule is COc1ccccc1-c1ccc2c(c1)C(C(C)OS(C)(=O)=O)=CC(C)(C)N2C(=O)C1=CC1C(C)(C)C. The molecular weight excluding hydrogens is 474 g/mol. The van der Waals surface area contributed by atoms with Gasteiger partial charge in [-0.05, 0) is 55.5 Å². The van der Waals surface area contributed by atoms with Crippen molar-refractivity contribution in [2.45, 2.75) is 53.2 Å². The molecule has 6 nitrogen and oxygen atoms in total. The van der Waals surface area contributed by atoms with Crippen LogP contribution in [0.15, 0.2) is 60.2 Å². The average molecular weight is 510 g/mol. The molecule has 36 heavy (non-hydrogen) atoms. The van der Waals surface area contributed by atoms with Crippen LogP contribution >= 0.6 is 0 Å². The minimum absolute atomic E-state index is 0.0275. The number of hydrogen-bond acceptors (Lipinski definition) is 5. The average Bonchev–Trinajstić information content (AvgIpc) is 3.58. The molecule has 2 unspecified atom stereocenters. The van der Waals surface area contributed by atoms with Crippen molar-refractivity contribution in [2.75, 3.05) is 18.3 Å². The second-order valence-electron chi connectivity index (χ2n) is 11.2. The number of fused-ring (bicyclic) bond motifs is 1. The molecule has 1 aliphatic carbocycles. The third kappa shape index (κ3) is 5.00. The number of methoxy groups -OCH3 is 1. The predicted molar refractivity (Wildman–Crippen MR) is 144 cm³/mol. The number of rotatable bonds is 6. The van der Waals surface area contributed by atoms with E-state index in [0.29, 0.717) is 0 Å². The van der Waals surface area contributed by atoms with Gasteiger partial charge < -0.3 is 4.74 Å². The van der Waals surface area contributed by atoms with E-state index in [9.17, 15) is 13.2 Å². The number of nitrogens with zero attached hydrogens (tertiary/aromatic N) is 1. The number of hydrogen-bond donors (Lipinski definition) is 0. The van der Waals surface area contributed by atoms with Crippen LogP contribution < -0.4 is 9.64 Å². The molecule has 0 bridgehead atoms. The minimum Gasteiger partial charge on any atom is -0.496 e. The lowest BCUT2D eigenvalue weighted by atomic mass is 9.83. The van der Waals surface area contributed by atoms with Crippen LogP contribution in [-0.4, -0.2) is 39.3 Å². The van der Waals surface area contributed by atoms with Gasteiger partial charge >= 0.3 is 0 Å². The standard InChI is InChI=1S/C29H35NO5S/c1-18(35-36(8,32)33)23-17-29(5,6)30(27(31)22-16-24(22)28(2,3)4)25-14-13-19(15-21(23)25)20-11-9-10-12-26(20)34-7/h9-18,24H,1-8H3. The van der Waals surface area contributed by atoms with Crippen LogP contribution in [0.25, 0.3) is 16.7 Å². The van der Waals surface area contributed by atoms with Gasteiger partial charge in [-0.15, -0.1) is 0 Å². The van der Waals surface area contributed by atoms with E-state index in [1.54, 1.807) is 14.0 Å². The van der Waals surface area contributed by atoms with Gasteiger partial charge in [0.15, 0.2) is 0 Å². The number of benzene rings is 2. The minimum atomic E-state index is -3.69. The van der Waals surface area contributed by atoms with Crippen LogP contribution in [0.4, 0.5) is 5.69 Å². The number of amides is 1. The number of anilines is 1. The van der Waals surface area contributed by atoms with Crippen molar-refractivity contribution in [2.24, 2.45) is 11.3 Å². The van der Waals surface area contributed by atoms with Gasteiger partial charge in [0.1, 0.15) is 5.75 Å². The molecule has 7 heteroatoms. The molecule has 192 valence electrons. The quantitative estimate of drug-likeness (QED) is 0.458. The van der Waals surface area contributed by atoms with Gasteiger partial charge in [0, 0.05) is 22.6 Å². The van der Waals surface area contributed by atoms with Crippen LogP contribution in [0.1, 0.15) is 47.1 Å². The molecule has 2 aromatic rings. The molecule has 0 saturated carbocycles. The van der Waals surface area contributed by atoms with Crippen molar-refractivity contribution in [3.63, 3.8) is 0 Å². The van der Waals surface area contributed by atoms with Crippen molar-refractivity contribution >= 4 is 27.3 Å². The van der Waals surface area contributed by atoms with Gasteiger partial charge in [-0.1, -0.05) is 57.2 Å². The van der Waals surface area contributed by atoms with Gasteiger partial charge in [-0.2, -0.15) is 8.42 Å². The second-order valence-corrected chi connectivity index (χ2v) is 12.8. The molecule has 4 rings (SSSR count). The lowest BCUT2D eigenvalue weighted by Gasteiger charge is -2.43. The van der Waals surface area contributed by atoms with Crippen LogP contribution in [0.2, 0.25) is 0 Å². The van der Waals surface area contributed by atoms with Crippen molar-refractivity contribution in [3.8, 4) is 16.9 Å². The first kappa shape index (κ1) is 26.2. The zero-order valence-electron chi connectivity index (χ0n) is 22.2. The molecule has 0 fully saturated rings. The van der Waals surface area contributed by atoms with Gasteiger partial charge in [0.2, 0.25) is 0 Å². The van der Waals surface area contributed by atoms with Gasteiger partial charge in [-0.3, -0.25) is 13.9 Å². The summed E-state index contributed by atoms with van der Waals surface area (Å²) < 4.78 is 35.0. The molecule has 0 saturated heterocycles. The Morgan fingerprint density at radius 3 is 2.33 bits per heavy atom. The Bertz CT molecular complexity index is 1380. The Labute approximate surface area is 214 Å². The number of para-hydroxylation sites is 1. The summed E-state index contributed by atoms with van der Waals surface area (Å²) in [7, 11) is -2.07. The Balaban J connectivity index is 1.86. The normalized spacial score (nSPS) is 19.7. The fraction of sp³-hybridized carbons (Fsp3) is 0.414. The lowest BCUT2D eigenvalue weighted by Crippen LogP contribution is -2.50. The molecule has 0 radical (unpaired) electrons. The zero-order chi connectivity index (χ0) is 26.6. The first-order chi connectivity index (χ1) is 16.6. The highest BCUT2D eigenvalue weighted by molar-refractivity contribution is 7.86. The molecule has 0 N–H and O–H groups in total. The summed E-state index contributed by atoms with van der Waals surface area (Å²) in [4.78, 5) is 15.7. The Kier molecular flexibility index (Phi) is 6.46. The topological polar surface area (TPSA) is 72.9 Å². The molecule has 2 aromatic carbocycles. The maximum atomic E-state index is 13.8. The third-order valence-electron chi connectivity index (χ3n) is 6.76. The largest absolute Gasteiger partial charge is 0.496 e. The highest BCUT2D eigenvalue weighted by Crippen LogP contribution is 2.49. The molecule has 0 spiro atoms. The third-order valence-corrected chi connectivity index (χ3v) is 7.40. The molecule has 1 heterocycles. The van der Waals surface area contributed by atoms with Gasteiger partial charge in [0.05, 0.1) is 30.7 Å². The van der Waals surface area contributed by atoms with Crippen LogP contribution in [0, 0.1) is 11.3 Å². The number of allylic oxidation sites excluding steroid dienone is 1. The summed E-state index contributed by atoms with van der Waals surface area (Å²) in [5, 5.41) is 0. The first-order valence-corrected chi connectivity index (χ1v) is 13.9. The number of ether oxygens (including phenoxy) is 1. The maximum absolute atomic E-state index is 13.8. The number of carbonyl (C=O) groups excluding carboxylic acids is 1. The van der Waals surface area contributed by atoms with E-state index in [1.165, 1.54) is 0 Å². The Hall–Kier alpha value is -2.90. The fourth-order valence-electron chi connectivity index (χ4n) is 5.05. The maximum Gasteiger partial charge on any atom is 0.264 e. The lowest BCUT2D eigenvalue weighted by molar-refractivity contribution is -0.115. The molecule has 2 aliphatic rings. The van der Waals surface area contributed by atoms with E-state index in [2.05, 4.69) is 20.8 Å². The summed E-state index contributed by atoms with van der Waals surface area (Å²) in [6, 6.07) is 13.6. The summed E-state index contributed by atoms with van der Waals surface area (Å²) >= 11 is 0. The smallest absolute Gasteiger partial charge is 0.264 e. The summed E-state index contributed by atoms with van der Waals surface area (Å²) in [6.07, 6.45) is 4.30. The van der Waals surface area contributed by atoms with Gasteiger partial charge in [0.25, 0.3) is 16.0 Å². The zero-order valence-corrected chi connectivity index (χ0v) is 23.1. The van der Waals surface area contributed by atoms with Crippen LogP contribution in [0.3, 0.4) is 0 Å². The molecule has 1 amide bonds. The van der Waals surface area contributed by atoms with E-state index < -0.39 is 21.8 Å². The van der Waals surface area contributed by atoms with Crippen LogP contribution in [-0.2, 0) is 19.1 Å². The van der Waals surface area contributed by atoms with E-state index in [0.717, 1.165) is 45.5 Å². The van der Waals surface area contributed by atoms with E-state index in [4.69, 9.17) is 8.92 Å². The molecule has 0 aromatic heterocycles. The fourth-order valence-corrected chi connectivity index (χ4v) is 5.68. The summed E-state index contributed by atoms with van der Waals surface area (Å²) in [5.41, 5.74) is 4.09. The number of carbonyl (C=O) groups is 1. The summed E-state index contributed by atoms with van der Waals surface area (Å²) in [5.74, 6) is 0.830.